The van der Waals surface area contributed by atoms with E-state index < -0.39 is 0 Å². The SMILES string of the molecule is C=C(C)[C@H]1CC=C(COC(C)=O)CC1. The Kier molecular flexibility index (Phi) is 3.93. The fourth-order valence-electron chi connectivity index (χ4n) is 1.66. The van der Waals surface area contributed by atoms with Crippen LogP contribution in [0.4, 0.5) is 0 Å². The van der Waals surface area contributed by atoms with E-state index in [4.69, 9.17) is 4.74 Å². The number of hydrogen-bond donors (Lipinski definition) is 0. The molecule has 1 aliphatic rings. The molecule has 0 unspecified atom stereocenters. The van der Waals surface area contributed by atoms with Crippen molar-refractivity contribution >= 4 is 5.97 Å². The summed E-state index contributed by atoms with van der Waals surface area (Å²) in [7, 11) is 0. The van der Waals surface area contributed by atoms with Gasteiger partial charge in [0.15, 0.2) is 0 Å². The van der Waals surface area contributed by atoms with Crippen LogP contribution in [0.3, 0.4) is 0 Å². The monoisotopic (exact) mass is 194 g/mol. The molecule has 14 heavy (non-hydrogen) atoms. The number of allylic oxidation sites excluding steroid dienone is 2. The Labute approximate surface area is 85.6 Å². The third-order valence-corrected chi connectivity index (χ3v) is 2.66. The van der Waals surface area contributed by atoms with Gasteiger partial charge in [0.2, 0.25) is 0 Å². The zero-order chi connectivity index (χ0) is 10.6. The number of carbonyl (C=O) groups is 1. The fourth-order valence-corrected chi connectivity index (χ4v) is 1.66. The van der Waals surface area contributed by atoms with E-state index in [-0.39, 0.29) is 5.97 Å². The van der Waals surface area contributed by atoms with Crippen molar-refractivity contribution in [3.05, 3.63) is 23.8 Å². The van der Waals surface area contributed by atoms with E-state index in [0.29, 0.717) is 12.5 Å². The number of esters is 1. The van der Waals surface area contributed by atoms with Gasteiger partial charge in [-0.15, -0.1) is 0 Å². The van der Waals surface area contributed by atoms with Crippen molar-refractivity contribution in [3.8, 4) is 0 Å². The van der Waals surface area contributed by atoms with Gasteiger partial charge in [-0.2, -0.15) is 0 Å². The number of ether oxygens (including phenoxy) is 1. The first-order valence-electron chi connectivity index (χ1n) is 5.06. The van der Waals surface area contributed by atoms with E-state index in [2.05, 4.69) is 19.6 Å². The summed E-state index contributed by atoms with van der Waals surface area (Å²) in [4.78, 5) is 10.6. The molecule has 0 amide bonds. The van der Waals surface area contributed by atoms with Crippen LogP contribution in [0.15, 0.2) is 23.8 Å². The smallest absolute Gasteiger partial charge is 0.302 e. The van der Waals surface area contributed by atoms with E-state index in [1.807, 2.05) is 0 Å². The Balaban J connectivity index is 2.37. The Morgan fingerprint density at radius 2 is 2.36 bits per heavy atom. The molecular weight excluding hydrogens is 176 g/mol. The Bertz CT molecular complexity index is 263. The molecule has 0 radical (unpaired) electrons. The summed E-state index contributed by atoms with van der Waals surface area (Å²) >= 11 is 0. The first-order valence-corrected chi connectivity index (χ1v) is 5.06. The van der Waals surface area contributed by atoms with Gasteiger partial charge >= 0.3 is 5.97 Å². The maximum absolute atomic E-state index is 10.6. The van der Waals surface area contributed by atoms with Crippen molar-refractivity contribution in [1.29, 1.82) is 0 Å². The van der Waals surface area contributed by atoms with E-state index in [1.165, 1.54) is 18.1 Å². The maximum atomic E-state index is 10.6. The average molecular weight is 194 g/mol. The van der Waals surface area contributed by atoms with Gasteiger partial charge in [0, 0.05) is 6.92 Å². The second-order valence-corrected chi connectivity index (χ2v) is 3.96. The summed E-state index contributed by atoms with van der Waals surface area (Å²) in [5, 5.41) is 0. The Morgan fingerprint density at radius 1 is 1.64 bits per heavy atom. The van der Waals surface area contributed by atoms with Crippen LogP contribution in [0, 0.1) is 5.92 Å². The molecule has 0 spiro atoms. The van der Waals surface area contributed by atoms with Gasteiger partial charge in [-0.25, -0.2) is 0 Å². The second-order valence-electron chi connectivity index (χ2n) is 3.96. The van der Waals surface area contributed by atoms with Crippen LogP contribution >= 0.6 is 0 Å². The predicted molar refractivity (Wildman–Crippen MR) is 56.9 cm³/mol. The van der Waals surface area contributed by atoms with Crippen molar-refractivity contribution in [2.24, 2.45) is 5.92 Å². The van der Waals surface area contributed by atoms with Crippen molar-refractivity contribution in [2.75, 3.05) is 6.61 Å². The zero-order valence-electron chi connectivity index (χ0n) is 9.01. The van der Waals surface area contributed by atoms with E-state index in [0.717, 1.165) is 19.3 Å². The summed E-state index contributed by atoms with van der Waals surface area (Å²) in [6.45, 7) is 7.96. The first kappa shape index (κ1) is 11.0. The van der Waals surface area contributed by atoms with E-state index in [9.17, 15) is 4.79 Å². The fraction of sp³-hybridized carbons (Fsp3) is 0.583. The minimum atomic E-state index is -0.201. The van der Waals surface area contributed by atoms with Gasteiger partial charge in [0.05, 0.1) is 0 Å². The lowest BCUT2D eigenvalue weighted by molar-refractivity contribution is -0.140. The largest absolute Gasteiger partial charge is 0.461 e. The summed E-state index contributed by atoms with van der Waals surface area (Å²) in [6.07, 6.45) is 5.41. The van der Waals surface area contributed by atoms with Crippen LogP contribution in [-0.2, 0) is 9.53 Å². The van der Waals surface area contributed by atoms with Gasteiger partial charge in [-0.05, 0) is 37.7 Å². The van der Waals surface area contributed by atoms with Gasteiger partial charge in [-0.3, -0.25) is 4.79 Å². The Morgan fingerprint density at radius 3 is 2.79 bits per heavy atom. The zero-order valence-corrected chi connectivity index (χ0v) is 9.01. The number of rotatable bonds is 3. The van der Waals surface area contributed by atoms with Crippen LogP contribution in [0.2, 0.25) is 0 Å². The summed E-state index contributed by atoms with van der Waals surface area (Å²) in [5.74, 6) is 0.420. The highest BCUT2D eigenvalue weighted by Gasteiger charge is 2.15. The maximum Gasteiger partial charge on any atom is 0.302 e. The second kappa shape index (κ2) is 4.99. The highest BCUT2D eigenvalue weighted by molar-refractivity contribution is 5.66. The lowest BCUT2D eigenvalue weighted by atomic mass is 9.86. The molecule has 1 aliphatic carbocycles. The highest BCUT2D eigenvalue weighted by atomic mass is 16.5. The van der Waals surface area contributed by atoms with Crippen LogP contribution in [0.25, 0.3) is 0 Å². The van der Waals surface area contributed by atoms with E-state index in [1.54, 1.807) is 0 Å². The molecule has 2 nitrogen and oxygen atoms in total. The molecule has 0 fully saturated rings. The van der Waals surface area contributed by atoms with Crippen molar-refractivity contribution in [2.45, 2.75) is 33.1 Å². The van der Waals surface area contributed by atoms with Crippen LogP contribution < -0.4 is 0 Å². The van der Waals surface area contributed by atoms with Crippen LogP contribution in [0.1, 0.15) is 33.1 Å². The molecule has 0 aliphatic heterocycles. The lowest BCUT2D eigenvalue weighted by Crippen LogP contribution is -2.11. The minimum absolute atomic E-state index is 0.201. The molecule has 0 aromatic rings. The average Bonchev–Trinajstić information content (AvgIpc) is 2.15. The van der Waals surface area contributed by atoms with Crippen molar-refractivity contribution in [1.82, 2.24) is 0 Å². The molecule has 0 saturated carbocycles. The molecule has 0 aromatic carbocycles. The van der Waals surface area contributed by atoms with Crippen LogP contribution in [0.5, 0.6) is 0 Å². The molecule has 0 heterocycles. The van der Waals surface area contributed by atoms with Gasteiger partial charge in [-0.1, -0.05) is 18.2 Å². The summed E-state index contributed by atoms with van der Waals surface area (Å²) in [6, 6.07) is 0. The molecule has 78 valence electrons. The molecule has 0 saturated heterocycles. The van der Waals surface area contributed by atoms with Gasteiger partial charge in [0.25, 0.3) is 0 Å². The standard InChI is InChI=1S/C12H18O2/c1-9(2)12-6-4-11(5-7-12)8-14-10(3)13/h4,12H,1,5-8H2,2-3H3/t12-/m0/s1. The Hall–Kier alpha value is -1.05. The topological polar surface area (TPSA) is 26.3 Å². The number of carbonyl (C=O) groups excluding carboxylic acids is 1. The van der Waals surface area contributed by atoms with Gasteiger partial charge in [0.1, 0.15) is 6.61 Å². The quantitative estimate of drug-likeness (QED) is 0.510. The predicted octanol–water partition coefficient (Wildman–Crippen LogP) is 2.85. The summed E-state index contributed by atoms with van der Waals surface area (Å²) in [5.41, 5.74) is 2.51. The molecule has 2 heteroatoms. The normalized spacial score (nSPS) is 21.3. The lowest BCUT2D eigenvalue weighted by Gasteiger charge is -2.21. The minimum Gasteiger partial charge on any atom is -0.461 e. The third-order valence-electron chi connectivity index (χ3n) is 2.66. The molecule has 1 rings (SSSR count). The van der Waals surface area contributed by atoms with Crippen molar-refractivity contribution < 1.29 is 9.53 Å². The van der Waals surface area contributed by atoms with Crippen molar-refractivity contribution in [3.63, 3.8) is 0 Å². The van der Waals surface area contributed by atoms with Gasteiger partial charge < -0.3 is 4.74 Å². The highest BCUT2D eigenvalue weighted by Crippen LogP contribution is 2.28. The molecule has 1 atom stereocenters. The molecule has 0 bridgehead atoms. The van der Waals surface area contributed by atoms with Crippen LogP contribution in [-0.4, -0.2) is 12.6 Å². The summed E-state index contributed by atoms with van der Waals surface area (Å²) < 4.78 is 4.95. The third kappa shape index (κ3) is 3.36. The van der Waals surface area contributed by atoms with E-state index >= 15 is 0 Å². The molecule has 0 aromatic heterocycles. The number of hydrogen-bond acceptors (Lipinski definition) is 2. The first-order chi connectivity index (χ1) is 6.59. The molecule has 0 N–H and O–H groups in total. The molecular formula is C12H18O2.